The van der Waals surface area contributed by atoms with E-state index in [4.69, 9.17) is 9.97 Å². The van der Waals surface area contributed by atoms with Crippen LogP contribution in [0.25, 0.3) is 139 Å². The molecule has 0 amide bonds. The summed E-state index contributed by atoms with van der Waals surface area (Å²) in [4.78, 5) is 9.53. The SMILES string of the molecule is FC(F)(F)C(c1ccc(-c2nc(-c3ccccc3)cc(-c3ccccc3)n2)cc1)(c1ccc(-n2c3ccc(-c4ccc5c(c4)c4ccccc4n5-c4ccccc4)cc3c3cc(-c4ccc5c(c4)c4ccccc4n5-c4ccccc4)ccc32)cc1)C(F)(F)F. The van der Waals surface area contributed by atoms with Gasteiger partial charge in [0.15, 0.2) is 5.82 Å². The molecule has 0 saturated carbocycles. The monoisotopic (exact) mass is 1180 g/mol. The van der Waals surface area contributed by atoms with Gasteiger partial charge in [-0.1, -0.05) is 194 Å². The number of hydrogen-bond acceptors (Lipinski definition) is 2. The molecule has 0 fully saturated rings. The predicted octanol–water partition coefficient (Wildman–Crippen LogP) is 21.5. The highest BCUT2D eigenvalue weighted by Gasteiger charge is 2.72. The Labute approximate surface area is 512 Å². The van der Waals surface area contributed by atoms with Gasteiger partial charge in [-0.15, -0.1) is 0 Å². The molecule has 11 heteroatoms. The molecule has 5 nitrogen and oxygen atoms in total. The third-order valence-corrected chi connectivity index (χ3v) is 17.7. The Morgan fingerprint density at radius 1 is 0.233 bits per heavy atom. The molecule has 12 aromatic carbocycles. The second-order valence-electron chi connectivity index (χ2n) is 22.7. The summed E-state index contributed by atoms with van der Waals surface area (Å²) >= 11 is 0. The molecule has 0 atom stereocenters. The molecule has 0 radical (unpaired) electrons. The van der Waals surface area contributed by atoms with Gasteiger partial charge in [-0.3, -0.25) is 0 Å². The zero-order valence-corrected chi connectivity index (χ0v) is 47.8. The van der Waals surface area contributed by atoms with Crippen LogP contribution >= 0.6 is 0 Å². The van der Waals surface area contributed by atoms with Crippen LogP contribution in [-0.2, 0) is 5.41 Å². The van der Waals surface area contributed by atoms with Crippen LogP contribution in [0.5, 0.6) is 0 Å². The number of hydrogen-bond donors (Lipinski definition) is 0. The van der Waals surface area contributed by atoms with Crippen LogP contribution < -0.4 is 0 Å². The first kappa shape index (κ1) is 54.1. The van der Waals surface area contributed by atoms with E-state index in [0.29, 0.717) is 28.1 Å². The Bertz CT molecular complexity index is 5130. The summed E-state index contributed by atoms with van der Waals surface area (Å²) < 4.78 is 103. The fourth-order valence-corrected chi connectivity index (χ4v) is 13.5. The smallest absolute Gasteiger partial charge is 0.309 e. The average Bonchev–Trinajstić information content (AvgIpc) is 0.799. The van der Waals surface area contributed by atoms with Crippen LogP contribution in [0.3, 0.4) is 0 Å². The first-order valence-electron chi connectivity index (χ1n) is 29.5. The number of nitrogens with zero attached hydrogens (tertiary/aromatic N) is 5. The summed E-state index contributed by atoms with van der Waals surface area (Å²) in [7, 11) is 0. The molecular formula is C79H49F6N5. The van der Waals surface area contributed by atoms with E-state index in [0.717, 1.165) is 123 Å². The van der Waals surface area contributed by atoms with E-state index >= 15 is 26.3 Å². The van der Waals surface area contributed by atoms with E-state index < -0.39 is 28.9 Å². The lowest BCUT2D eigenvalue weighted by Gasteiger charge is -2.38. The topological polar surface area (TPSA) is 40.6 Å². The molecular weight excluding hydrogens is 1130 g/mol. The van der Waals surface area contributed by atoms with E-state index in [1.807, 2.05) is 150 Å². The Morgan fingerprint density at radius 2 is 0.522 bits per heavy atom. The summed E-state index contributed by atoms with van der Waals surface area (Å²) in [5, 5.41) is 6.03. The van der Waals surface area contributed by atoms with Crippen molar-refractivity contribution < 1.29 is 26.3 Å². The van der Waals surface area contributed by atoms with Crippen molar-refractivity contribution in [2.45, 2.75) is 17.8 Å². The molecule has 0 aliphatic rings. The van der Waals surface area contributed by atoms with E-state index in [9.17, 15) is 0 Å². The number of aromatic nitrogens is 5. The van der Waals surface area contributed by atoms with E-state index in [2.05, 4.69) is 106 Å². The number of fused-ring (bicyclic) bond motifs is 9. The largest absolute Gasteiger partial charge is 0.411 e. The Morgan fingerprint density at radius 3 is 0.889 bits per heavy atom. The van der Waals surface area contributed by atoms with Crippen molar-refractivity contribution in [2.24, 2.45) is 0 Å². The van der Waals surface area contributed by atoms with Crippen LogP contribution in [0.1, 0.15) is 11.1 Å². The van der Waals surface area contributed by atoms with Crippen molar-refractivity contribution in [1.82, 2.24) is 23.7 Å². The predicted molar refractivity (Wildman–Crippen MR) is 352 cm³/mol. The van der Waals surface area contributed by atoms with Crippen LogP contribution in [0, 0.1) is 0 Å². The highest BCUT2D eigenvalue weighted by Crippen LogP contribution is 2.57. The molecule has 0 aliphatic carbocycles. The molecule has 0 aliphatic heterocycles. The van der Waals surface area contributed by atoms with Gasteiger partial charge < -0.3 is 13.7 Å². The van der Waals surface area contributed by atoms with Gasteiger partial charge in [-0.25, -0.2) is 9.97 Å². The molecule has 432 valence electrons. The minimum Gasteiger partial charge on any atom is -0.309 e. The first-order chi connectivity index (χ1) is 43.9. The Balaban J connectivity index is 0.838. The van der Waals surface area contributed by atoms with Gasteiger partial charge in [0, 0.05) is 66.1 Å². The number of alkyl halides is 6. The molecule has 0 unspecified atom stereocenters. The number of para-hydroxylation sites is 4. The number of benzene rings is 12. The minimum atomic E-state index is -5.84. The molecule has 16 aromatic rings. The van der Waals surface area contributed by atoms with Gasteiger partial charge in [0.2, 0.25) is 5.41 Å². The molecule has 4 aromatic heterocycles. The Hall–Kier alpha value is -11.3. The molecule has 0 saturated heterocycles. The summed E-state index contributed by atoms with van der Waals surface area (Å²) in [6.07, 6.45) is -11.7. The fourth-order valence-electron chi connectivity index (χ4n) is 13.5. The van der Waals surface area contributed by atoms with E-state index in [1.54, 1.807) is 6.07 Å². The summed E-state index contributed by atoms with van der Waals surface area (Å²) in [6.45, 7) is 0. The van der Waals surface area contributed by atoms with Crippen molar-refractivity contribution in [2.75, 3.05) is 0 Å². The van der Waals surface area contributed by atoms with Crippen LogP contribution in [0.4, 0.5) is 26.3 Å². The average molecular weight is 1180 g/mol. The Kier molecular flexibility index (Phi) is 12.6. The quantitative estimate of drug-likeness (QED) is 0.128. The van der Waals surface area contributed by atoms with Crippen molar-refractivity contribution >= 4 is 65.4 Å². The zero-order valence-electron chi connectivity index (χ0n) is 47.8. The standard InChI is InChI=1S/C79H49F6N5/c80-78(81,82)77(79(83,84)85,57-35-29-52(30-36-57)76-86-68(50-17-5-1-6-18-50)49-69(87-76)51-19-7-2-8-20-51)58-37-39-61(40-38-58)90-74-43-33-55(53-31-41-72-64(45-53)62-25-13-15-27-70(62)88(72)59-21-9-3-10-22-59)47-66(74)67-48-56(34-44-75(67)90)54-32-42-73-65(46-54)63-26-14-16-28-71(63)89(73)60-23-11-4-12-24-60/h1-49H. The lowest BCUT2D eigenvalue weighted by Crippen LogP contribution is -2.54. The third-order valence-electron chi connectivity index (χ3n) is 17.7. The van der Waals surface area contributed by atoms with Crippen LogP contribution in [0.15, 0.2) is 297 Å². The van der Waals surface area contributed by atoms with Crippen LogP contribution in [-0.4, -0.2) is 36.0 Å². The molecule has 0 N–H and O–H groups in total. The minimum absolute atomic E-state index is 0.141. The fraction of sp³-hybridized carbons (Fsp3) is 0.0380. The highest BCUT2D eigenvalue weighted by atomic mass is 19.4. The number of halogens is 6. The van der Waals surface area contributed by atoms with Gasteiger partial charge in [0.25, 0.3) is 0 Å². The van der Waals surface area contributed by atoms with Gasteiger partial charge in [-0.05, 0) is 137 Å². The van der Waals surface area contributed by atoms with Crippen LogP contribution in [0.2, 0.25) is 0 Å². The summed E-state index contributed by atoms with van der Waals surface area (Å²) in [5.41, 5.74) is 8.37. The van der Waals surface area contributed by atoms with Crippen molar-refractivity contribution in [3.63, 3.8) is 0 Å². The lowest BCUT2D eigenvalue weighted by molar-refractivity contribution is -0.288. The van der Waals surface area contributed by atoms with Crippen molar-refractivity contribution in [1.29, 1.82) is 0 Å². The maximum Gasteiger partial charge on any atom is 0.411 e. The van der Waals surface area contributed by atoms with Gasteiger partial charge in [-0.2, -0.15) is 26.3 Å². The molecule has 0 spiro atoms. The molecule has 4 heterocycles. The lowest BCUT2D eigenvalue weighted by atomic mass is 9.72. The molecule has 90 heavy (non-hydrogen) atoms. The van der Waals surface area contributed by atoms with Crippen molar-refractivity contribution in [3.8, 4) is 73.2 Å². The van der Waals surface area contributed by atoms with Gasteiger partial charge in [0.05, 0.1) is 44.5 Å². The second-order valence-corrected chi connectivity index (χ2v) is 22.7. The zero-order chi connectivity index (χ0) is 60.9. The molecule has 16 rings (SSSR count). The maximum absolute atomic E-state index is 16.0. The first-order valence-corrected chi connectivity index (χ1v) is 29.5. The van der Waals surface area contributed by atoms with Gasteiger partial charge in [0.1, 0.15) is 0 Å². The van der Waals surface area contributed by atoms with Crippen molar-refractivity contribution in [3.05, 3.63) is 308 Å². The summed E-state index contributed by atoms with van der Waals surface area (Å²) in [6, 6.07) is 91.7. The maximum atomic E-state index is 16.0. The second kappa shape index (κ2) is 21.0. The molecule has 0 bridgehead atoms. The summed E-state index contributed by atoms with van der Waals surface area (Å²) in [5.74, 6) is 0.141. The third kappa shape index (κ3) is 8.71. The number of rotatable bonds is 10. The normalized spacial score (nSPS) is 12.3. The van der Waals surface area contributed by atoms with E-state index in [1.165, 1.54) is 24.3 Å². The van der Waals surface area contributed by atoms with Gasteiger partial charge >= 0.3 is 12.4 Å². The highest BCUT2D eigenvalue weighted by molar-refractivity contribution is 6.14. The van der Waals surface area contributed by atoms with E-state index in [-0.39, 0.29) is 11.4 Å².